The first-order valence-corrected chi connectivity index (χ1v) is 7.03. The SMILES string of the molecule is CC(C)(C)OC(=O)N1CCc2onc(CBr)c2C1. The average Bonchev–Trinajstić information content (AvgIpc) is 2.68. The molecule has 0 fully saturated rings. The van der Waals surface area contributed by atoms with Gasteiger partial charge in [0, 0.05) is 23.9 Å². The van der Waals surface area contributed by atoms with Crippen LogP contribution in [0.3, 0.4) is 0 Å². The number of hydrogen-bond donors (Lipinski definition) is 0. The molecule has 1 amide bonds. The van der Waals surface area contributed by atoms with Crippen LogP contribution in [0.4, 0.5) is 4.79 Å². The lowest BCUT2D eigenvalue weighted by atomic mass is 10.1. The van der Waals surface area contributed by atoms with Gasteiger partial charge in [-0.3, -0.25) is 0 Å². The lowest BCUT2D eigenvalue weighted by Crippen LogP contribution is -2.39. The highest BCUT2D eigenvalue weighted by atomic mass is 79.9. The molecule has 0 aliphatic carbocycles. The van der Waals surface area contributed by atoms with Gasteiger partial charge in [-0.05, 0) is 20.8 Å². The topological polar surface area (TPSA) is 55.6 Å². The number of ether oxygens (including phenoxy) is 1. The van der Waals surface area contributed by atoms with Crippen molar-refractivity contribution >= 4 is 22.0 Å². The molecule has 0 bridgehead atoms. The van der Waals surface area contributed by atoms with E-state index in [9.17, 15) is 4.79 Å². The maximum absolute atomic E-state index is 12.0. The zero-order chi connectivity index (χ0) is 13.3. The number of carbonyl (C=O) groups excluding carboxylic acids is 1. The molecule has 0 aromatic carbocycles. The van der Waals surface area contributed by atoms with Gasteiger partial charge in [-0.2, -0.15) is 0 Å². The van der Waals surface area contributed by atoms with Gasteiger partial charge in [0.25, 0.3) is 0 Å². The quantitative estimate of drug-likeness (QED) is 0.747. The summed E-state index contributed by atoms with van der Waals surface area (Å²) in [6, 6.07) is 0. The lowest BCUT2D eigenvalue weighted by Gasteiger charge is -2.29. The Bertz CT molecular complexity index is 437. The van der Waals surface area contributed by atoms with Crippen molar-refractivity contribution in [3.05, 3.63) is 17.0 Å². The molecule has 100 valence electrons. The van der Waals surface area contributed by atoms with Gasteiger partial charge < -0.3 is 14.2 Å². The van der Waals surface area contributed by atoms with Crippen LogP contribution in [0.2, 0.25) is 0 Å². The fraction of sp³-hybridized carbons (Fsp3) is 0.667. The molecule has 5 nitrogen and oxygen atoms in total. The van der Waals surface area contributed by atoms with Crippen LogP contribution in [-0.2, 0) is 23.0 Å². The van der Waals surface area contributed by atoms with Gasteiger partial charge in [0.05, 0.1) is 12.2 Å². The summed E-state index contributed by atoms with van der Waals surface area (Å²) < 4.78 is 10.6. The maximum atomic E-state index is 12.0. The second-order valence-electron chi connectivity index (χ2n) is 5.32. The van der Waals surface area contributed by atoms with Crippen LogP contribution in [0.25, 0.3) is 0 Å². The predicted molar refractivity (Wildman–Crippen MR) is 69.5 cm³/mol. The molecule has 2 rings (SSSR count). The van der Waals surface area contributed by atoms with Gasteiger partial charge in [0.1, 0.15) is 11.4 Å². The molecule has 0 spiro atoms. The molecule has 6 heteroatoms. The number of rotatable bonds is 1. The molecule has 0 atom stereocenters. The van der Waals surface area contributed by atoms with E-state index >= 15 is 0 Å². The Balaban J connectivity index is 2.09. The Hall–Kier alpha value is -1.04. The molecule has 0 saturated heterocycles. The molecule has 1 aromatic rings. The Labute approximate surface area is 115 Å². The van der Waals surface area contributed by atoms with Crippen molar-refractivity contribution in [3.8, 4) is 0 Å². The van der Waals surface area contributed by atoms with Crippen molar-refractivity contribution in [2.45, 2.75) is 44.7 Å². The smallest absolute Gasteiger partial charge is 0.410 e. The van der Waals surface area contributed by atoms with E-state index in [0.717, 1.165) is 17.0 Å². The minimum Gasteiger partial charge on any atom is -0.444 e. The van der Waals surface area contributed by atoms with Crippen LogP contribution < -0.4 is 0 Å². The standard InChI is InChI=1S/C12H17BrN2O3/c1-12(2,3)17-11(16)15-5-4-10-8(7-15)9(6-13)14-18-10/h4-7H2,1-3H3. The monoisotopic (exact) mass is 316 g/mol. The highest BCUT2D eigenvalue weighted by molar-refractivity contribution is 9.08. The summed E-state index contributed by atoms with van der Waals surface area (Å²) in [5, 5.41) is 4.62. The maximum Gasteiger partial charge on any atom is 0.410 e. The summed E-state index contributed by atoms with van der Waals surface area (Å²) in [4.78, 5) is 13.7. The van der Waals surface area contributed by atoms with Gasteiger partial charge in [0.15, 0.2) is 0 Å². The number of alkyl halides is 1. The van der Waals surface area contributed by atoms with E-state index in [0.29, 0.717) is 24.8 Å². The summed E-state index contributed by atoms with van der Waals surface area (Å²) in [6.07, 6.45) is 0.407. The van der Waals surface area contributed by atoms with Crippen molar-refractivity contribution < 1.29 is 14.1 Å². The zero-order valence-electron chi connectivity index (χ0n) is 10.8. The van der Waals surface area contributed by atoms with Gasteiger partial charge in [-0.15, -0.1) is 0 Å². The van der Waals surface area contributed by atoms with Crippen LogP contribution in [0, 0.1) is 0 Å². The van der Waals surface area contributed by atoms with Gasteiger partial charge in [0.2, 0.25) is 0 Å². The molecule has 0 unspecified atom stereocenters. The van der Waals surface area contributed by atoms with Crippen LogP contribution in [0.5, 0.6) is 0 Å². The Morgan fingerprint density at radius 3 is 2.89 bits per heavy atom. The lowest BCUT2D eigenvalue weighted by molar-refractivity contribution is 0.0218. The zero-order valence-corrected chi connectivity index (χ0v) is 12.4. The first-order valence-electron chi connectivity index (χ1n) is 5.91. The number of halogens is 1. The summed E-state index contributed by atoms with van der Waals surface area (Å²) in [5.74, 6) is 0.879. The summed E-state index contributed by atoms with van der Waals surface area (Å²) in [6.45, 7) is 6.71. The fourth-order valence-corrected chi connectivity index (χ4v) is 2.29. The minimum absolute atomic E-state index is 0.283. The number of aromatic nitrogens is 1. The van der Waals surface area contributed by atoms with Crippen LogP contribution in [-0.4, -0.2) is 28.3 Å². The van der Waals surface area contributed by atoms with Gasteiger partial charge in [-0.1, -0.05) is 21.1 Å². The fourth-order valence-electron chi connectivity index (χ4n) is 1.85. The molecule has 2 heterocycles. The normalized spacial score (nSPS) is 15.4. The highest BCUT2D eigenvalue weighted by Gasteiger charge is 2.29. The molecule has 1 aromatic heterocycles. The first kappa shape index (κ1) is 13.4. The Morgan fingerprint density at radius 1 is 1.56 bits per heavy atom. The van der Waals surface area contributed by atoms with E-state index in [1.807, 2.05) is 20.8 Å². The van der Waals surface area contributed by atoms with Crippen molar-refractivity contribution in [1.82, 2.24) is 10.1 Å². The second-order valence-corrected chi connectivity index (χ2v) is 5.88. The number of fused-ring (bicyclic) bond motifs is 1. The summed E-state index contributed by atoms with van der Waals surface area (Å²) >= 11 is 3.36. The van der Waals surface area contributed by atoms with Crippen LogP contribution >= 0.6 is 15.9 Å². The van der Waals surface area contributed by atoms with Gasteiger partial charge in [-0.25, -0.2) is 4.79 Å². The van der Waals surface area contributed by atoms with E-state index in [1.54, 1.807) is 4.90 Å². The number of amides is 1. The van der Waals surface area contributed by atoms with Gasteiger partial charge >= 0.3 is 6.09 Å². The van der Waals surface area contributed by atoms with E-state index < -0.39 is 5.60 Å². The highest BCUT2D eigenvalue weighted by Crippen LogP contribution is 2.25. The second kappa shape index (κ2) is 4.91. The molecule has 1 aliphatic heterocycles. The third-order valence-electron chi connectivity index (χ3n) is 2.69. The van der Waals surface area contributed by atoms with E-state index in [-0.39, 0.29) is 6.09 Å². The molecule has 0 N–H and O–H groups in total. The van der Waals surface area contributed by atoms with E-state index in [4.69, 9.17) is 9.26 Å². The molecule has 18 heavy (non-hydrogen) atoms. The molecule has 0 saturated carbocycles. The Kier molecular flexibility index (Phi) is 3.66. The summed E-state index contributed by atoms with van der Waals surface area (Å²) in [5.41, 5.74) is 1.40. The first-order chi connectivity index (χ1) is 8.40. The molecular formula is C12H17BrN2O3. The molecule has 1 aliphatic rings. The third-order valence-corrected chi connectivity index (χ3v) is 3.22. The van der Waals surface area contributed by atoms with E-state index in [2.05, 4.69) is 21.1 Å². The largest absolute Gasteiger partial charge is 0.444 e. The van der Waals surface area contributed by atoms with Crippen molar-refractivity contribution in [1.29, 1.82) is 0 Å². The van der Waals surface area contributed by atoms with Crippen molar-refractivity contribution in [2.75, 3.05) is 6.54 Å². The van der Waals surface area contributed by atoms with E-state index in [1.165, 1.54) is 0 Å². The third kappa shape index (κ3) is 2.85. The Morgan fingerprint density at radius 2 is 2.28 bits per heavy atom. The molecular weight excluding hydrogens is 300 g/mol. The molecule has 0 radical (unpaired) electrons. The number of carbonyl (C=O) groups is 1. The van der Waals surface area contributed by atoms with Crippen molar-refractivity contribution in [3.63, 3.8) is 0 Å². The number of nitrogens with zero attached hydrogens (tertiary/aromatic N) is 2. The summed E-state index contributed by atoms with van der Waals surface area (Å²) in [7, 11) is 0. The predicted octanol–water partition coefficient (Wildman–Crippen LogP) is 2.86. The van der Waals surface area contributed by atoms with Crippen molar-refractivity contribution in [2.24, 2.45) is 0 Å². The number of hydrogen-bond acceptors (Lipinski definition) is 4. The van der Waals surface area contributed by atoms with Crippen LogP contribution in [0.1, 0.15) is 37.8 Å². The van der Waals surface area contributed by atoms with Crippen LogP contribution in [0.15, 0.2) is 4.52 Å². The minimum atomic E-state index is -0.468. The average molecular weight is 317 g/mol.